The third-order valence-electron chi connectivity index (χ3n) is 3.95. The van der Waals surface area contributed by atoms with Crippen LogP contribution in [0.3, 0.4) is 0 Å². The highest BCUT2D eigenvalue weighted by Gasteiger charge is 2.13. The van der Waals surface area contributed by atoms with E-state index in [0.29, 0.717) is 22.2 Å². The van der Waals surface area contributed by atoms with Crippen molar-refractivity contribution in [1.29, 1.82) is 0 Å². The number of fused-ring (bicyclic) bond motifs is 1. The van der Waals surface area contributed by atoms with Crippen molar-refractivity contribution in [3.05, 3.63) is 69.2 Å². The van der Waals surface area contributed by atoms with E-state index in [1.54, 1.807) is 24.3 Å². The van der Waals surface area contributed by atoms with Crippen LogP contribution < -0.4 is 16.2 Å². The Morgan fingerprint density at radius 3 is 2.65 bits per heavy atom. The van der Waals surface area contributed by atoms with Gasteiger partial charge < -0.3 is 15.6 Å². The third kappa shape index (κ3) is 3.86. The van der Waals surface area contributed by atoms with E-state index in [9.17, 15) is 14.0 Å². The Kier molecular flexibility index (Phi) is 4.95. The summed E-state index contributed by atoms with van der Waals surface area (Å²) in [5.74, 6) is -0.742. The second-order valence-electron chi connectivity index (χ2n) is 6.04. The quantitative estimate of drug-likeness (QED) is 0.632. The van der Waals surface area contributed by atoms with Gasteiger partial charge in [0.2, 0.25) is 5.91 Å². The Morgan fingerprint density at radius 2 is 1.92 bits per heavy atom. The summed E-state index contributed by atoms with van der Waals surface area (Å²) in [6, 6.07) is 11.2. The summed E-state index contributed by atoms with van der Waals surface area (Å²) >= 11 is 5.83. The fourth-order valence-electron chi connectivity index (χ4n) is 2.76. The van der Waals surface area contributed by atoms with Crippen molar-refractivity contribution in [3.8, 4) is 0 Å². The molecule has 0 fully saturated rings. The van der Waals surface area contributed by atoms with Gasteiger partial charge in [-0.05, 0) is 43.3 Å². The predicted molar refractivity (Wildman–Crippen MR) is 102 cm³/mol. The molecule has 0 saturated carbocycles. The molecule has 1 heterocycles. The van der Waals surface area contributed by atoms with E-state index in [2.05, 4.69) is 15.6 Å². The molecule has 3 rings (SSSR count). The summed E-state index contributed by atoms with van der Waals surface area (Å²) in [6.45, 7) is 3.28. The first-order chi connectivity index (χ1) is 12.3. The number of rotatable bonds is 4. The second kappa shape index (κ2) is 7.17. The summed E-state index contributed by atoms with van der Waals surface area (Å²) in [4.78, 5) is 26.2. The first-order valence-electron chi connectivity index (χ1n) is 7.99. The van der Waals surface area contributed by atoms with Crippen LogP contribution in [-0.4, -0.2) is 10.9 Å². The molecule has 0 radical (unpaired) electrons. The van der Waals surface area contributed by atoms with E-state index in [1.807, 2.05) is 13.0 Å². The number of hydrogen-bond donors (Lipinski definition) is 3. The van der Waals surface area contributed by atoms with Crippen LogP contribution in [0.15, 0.2) is 47.3 Å². The van der Waals surface area contributed by atoms with Crippen LogP contribution in [-0.2, 0) is 4.79 Å². The molecule has 0 aliphatic carbocycles. The van der Waals surface area contributed by atoms with Crippen molar-refractivity contribution in [2.24, 2.45) is 0 Å². The van der Waals surface area contributed by atoms with Gasteiger partial charge in [-0.3, -0.25) is 9.59 Å². The van der Waals surface area contributed by atoms with E-state index >= 15 is 0 Å². The molecule has 5 nitrogen and oxygen atoms in total. The zero-order valence-corrected chi connectivity index (χ0v) is 14.9. The van der Waals surface area contributed by atoms with Crippen molar-refractivity contribution in [1.82, 2.24) is 4.98 Å². The Bertz CT molecular complexity index is 1050. The number of benzene rings is 2. The minimum atomic E-state index is -0.580. The number of nitrogens with one attached hydrogen (secondary N) is 3. The normalized spacial score (nSPS) is 12.0. The Balaban J connectivity index is 1.91. The van der Waals surface area contributed by atoms with Crippen molar-refractivity contribution in [3.63, 3.8) is 0 Å². The van der Waals surface area contributed by atoms with Gasteiger partial charge in [-0.2, -0.15) is 0 Å². The molecule has 1 amide bonds. The molecule has 1 aromatic heterocycles. The van der Waals surface area contributed by atoms with Gasteiger partial charge in [0, 0.05) is 29.2 Å². The maximum Gasteiger partial charge on any atom is 0.253 e. The Hall–Kier alpha value is -2.86. The molecule has 1 atom stereocenters. The van der Waals surface area contributed by atoms with Gasteiger partial charge in [0.15, 0.2) is 0 Å². The highest BCUT2D eigenvalue weighted by Crippen LogP contribution is 2.24. The lowest BCUT2D eigenvalue weighted by Gasteiger charge is -2.16. The lowest BCUT2D eigenvalue weighted by Crippen LogP contribution is -2.19. The first kappa shape index (κ1) is 17.9. The number of aromatic amines is 1. The minimum absolute atomic E-state index is 0.000815. The van der Waals surface area contributed by atoms with E-state index in [-0.39, 0.29) is 22.5 Å². The molecule has 3 aromatic rings. The minimum Gasteiger partial charge on any atom is -0.378 e. The van der Waals surface area contributed by atoms with E-state index in [0.717, 1.165) is 5.69 Å². The van der Waals surface area contributed by atoms with E-state index in [4.69, 9.17) is 11.6 Å². The van der Waals surface area contributed by atoms with E-state index in [1.165, 1.54) is 19.1 Å². The molecule has 2 aromatic carbocycles. The maximum atomic E-state index is 13.6. The summed E-state index contributed by atoms with van der Waals surface area (Å²) in [5.41, 5.74) is 1.98. The van der Waals surface area contributed by atoms with Crippen molar-refractivity contribution >= 4 is 39.8 Å². The van der Waals surface area contributed by atoms with Crippen LogP contribution in [0.5, 0.6) is 0 Å². The molecule has 0 saturated heterocycles. The summed E-state index contributed by atoms with van der Waals surface area (Å²) in [7, 11) is 0. The van der Waals surface area contributed by atoms with E-state index < -0.39 is 5.82 Å². The van der Waals surface area contributed by atoms with Gasteiger partial charge >= 0.3 is 0 Å². The molecule has 0 aliphatic rings. The third-order valence-corrected chi connectivity index (χ3v) is 4.24. The van der Waals surface area contributed by atoms with Crippen molar-refractivity contribution < 1.29 is 9.18 Å². The molecular weight excluding hydrogens is 357 g/mol. The summed E-state index contributed by atoms with van der Waals surface area (Å²) in [5, 5.41) is 6.58. The van der Waals surface area contributed by atoms with Gasteiger partial charge in [0.1, 0.15) is 5.82 Å². The fraction of sp³-hybridized carbons (Fsp3) is 0.158. The van der Waals surface area contributed by atoms with Crippen LogP contribution in [0.1, 0.15) is 25.5 Å². The van der Waals surface area contributed by atoms with Crippen LogP contribution >= 0.6 is 11.6 Å². The zero-order valence-electron chi connectivity index (χ0n) is 14.2. The number of halogens is 2. The molecule has 0 unspecified atom stereocenters. The molecule has 0 bridgehead atoms. The maximum absolute atomic E-state index is 13.6. The topological polar surface area (TPSA) is 74.0 Å². The number of hydrogen-bond acceptors (Lipinski definition) is 3. The molecule has 0 spiro atoms. The number of aromatic nitrogens is 1. The molecule has 7 heteroatoms. The van der Waals surface area contributed by atoms with Gasteiger partial charge in [-0.1, -0.05) is 17.7 Å². The molecule has 26 heavy (non-hydrogen) atoms. The predicted octanol–water partition coefficient (Wildman–Crippen LogP) is 4.45. The average Bonchev–Trinajstić information content (AvgIpc) is 2.55. The molecule has 3 N–H and O–H groups in total. The monoisotopic (exact) mass is 373 g/mol. The van der Waals surface area contributed by atoms with Gasteiger partial charge in [-0.15, -0.1) is 0 Å². The number of carbonyl (C=O) groups excluding carboxylic acids is 1. The zero-order chi connectivity index (χ0) is 18.8. The number of amides is 1. The summed E-state index contributed by atoms with van der Waals surface area (Å²) in [6.07, 6.45) is 0. The van der Waals surface area contributed by atoms with Crippen molar-refractivity contribution in [2.75, 3.05) is 10.6 Å². The van der Waals surface area contributed by atoms with Crippen LogP contribution in [0.25, 0.3) is 10.9 Å². The standard InChI is InChI=1S/C19H17ClFN3O2/c1-10(22-13-4-3-5-14(8-13)23-11(2)25)15-6-12-7-16(20)17(21)9-18(12)24-19(15)26/h3-10,22H,1-2H3,(H,23,25)(H,24,26)/t10-/m0/s1. The van der Waals surface area contributed by atoms with Crippen molar-refractivity contribution in [2.45, 2.75) is 19.9 Å². The number of carbonyl (C=O) groups is 1. The first-order valence-corrected chi connectivity index (χ1v) is 8.37. The largest absolute Gasteiger partial charge is 0.378 e. The number of anilines is 2. The number of pyridine rings is 1. The van der Waals surface area contributed by atoms with Crippen LogP contribution in [0.4, 0.5) is 15.8 Å². The average molecular weight is 374 g/mol. The SMILES string of the molecule is CC(=O)Nc1cccc(N[C@@H](C)c2cc3cc(Cl)c(F)cc3[nH]c2=O)c1. The second-order valence-corrected chi connectivity index (χ2v) is 6.44. The lowest BCUT2D eigenvalue weighted by atomic mass is 10.1. The van der Waals surface area contributed by atoms with Gasteiger partial charge in [0.05, 0.1) is 16.6 Å². The fourth-order valence-corrected chi connectivity index (χ4v) is 2.93. The lowest BCUT2D eigenvalue weighted by molar-refractivity contribution is -0.114. The highest BCUT2D eigenvalue weighted by molar-refractivity contribution is 6.31. The highest BCUT2D eigenvalue weighted by atomic mass is 35.5. The Morgan fingerprint density at radius 1 is 1.19 bits per heavy atom. The van der Waals surface area contributed by atoms with Gasteiger partial charge in [-0.25, -0.2) is 4.39 Å². The molecule has 134 valence electrons. The smallest absolute Gasteiger partial charge is 0.253 e. The van der Waals surface area contributed by atoms with Crippen LogP contribution in [0.2, 0.25) is 5.02 Å². The molecular formula is C19H17ClFN3O2. The number of H-pyrrole nitrogens is 1. The van der Waals surface area contributed by atoms with Crippen LogP contribution in [0, 0.1) is 5.82 Å². The van der Waals surface area contributed by atoms with Gasteiger partial charge in [0.25, 0.3) is 5.56 Å². The Labute approximate surface area is 154 Å². The summed E-state index contributed by atoms with van der Waals surface area (Å²) < 4.78 is 13.6. The molecule has 0 aliphatic heterocycles.